The second kappa shape index (κ2) is 9.51. The summed E-state index contributed by atoms with van der Waals surface area (Å²) in [5, 5.41) is 0. The van der Waals surface area contributed by atoms with E-state index in [1.165, 1.54) is 4.31 Å². The van der Waals surface area contributed by atoms with Crippen molar-refractivity contribution < 1.29 is 17.9 Å². The number of anilines is 1. The molecule has 6 nitrogen and oxygen atoms in total. The monoisotopic (exact) mass is 432 g/mol. The average molecular weight is 433 g/mol. The van der Waals surface area contributed by atoms with E-state index in [1.807, 2.05) is 26.0 Å². The Kier molecular flexibility index (Phi) is 7.53. The fourth-order valence-corrected chi connectivity index (χ4v) is 4.53. The molecular weight excluding hydrogens is 400 g/mol. The van der Waals surface area contributed by atoms with Crippen LogP contribution in [0.2, 0.25) is 0 Å². The van der Waals surface area contributed by atoms with Gasteiger partial charge in [0, 0.05) is 13.1 Å². The van der Waals surface area contributed by atoms with Gasteiger partial charge in [0.05, 0.1) is 17.7 Å². The number of methoxy groups -OCH3 is 1. The molecule has 0 spiro atoms. The molecule has 2 aromatic carbocycles. The van der Waals surface area contributed by atoms with Gasteiger partial charge in [-0.25, -0.2) is 8.42 Å². The summed E-state index contributed by atoms with van der Waals surface area (Å²) in [6.07, 6.45) is 0. The fraction of sp³-hybridized carbons (Fsp3) is 0.435. The van der Waals surface area contributed by atoms with E-state index in [-0.39, 0.29) is 22.8 Å². The maximum atomic E-state index is 13.5. The predicted octanol–water partition coefficient (Wildman–Crippen LogP) is 4.06. The zero-order valence-electron chi connectivity index (χ0n) is 18.7. The van der Waals surface area contributed by atoms with Gasteiger partial charge in [-0.1, -0.05) is 32.9 Å². The van der Waals surface area contributed by atoms with Crippen molar-refractivity contribution in [2.75, 3.05) is 31.0 Å². The minimum Gasteiger partial charge on any atom is -0.497 e. The second-order valence-electron chi connectivity index (χ2n) is 8.05. The van der Waals surface area contributed by atoms with E-state index in [0.717, 1.165) is 5.56 Å². The largest absolute Gasteiger partial charge is 0.497 e. The van der Waals surface area contributed by atoms with Crippen LogP contribution in [0.4, 0.5) is 5.69 Å². The van der Waals surface area contributed by atoms with Crippen molar-refractivity contribution in [1.82, 2.24) is 4.90 Å². The highest BCUT2D eigenvalue weighted by Crippen LogP contribution is 2.28. The number of sulfonamides is 1. The summed E-state index contributed by atoms with van der Waals surface area (Å²) in [7, 11) is -2.39. The number of benzene rings is 2. The molecular formula is C23H32N2O4S. The third kappa shape index (κ3) is 5.33. The van der Waals surface area contributed by atoms with Gasteiger partial charge < -0.3 is 9.64 Å². The smallest absolute Gasteiger partial charge is 0.264 e. The van der Waals surface area contributed by atoms with Crippen molar-refractivity contribution in [3.05, 3.63) is 54.1 Å². The molecule has 0 saturated carbocycles. The number of hydrogen-bond acceptors (Lipinski definition) is 4. The molecule has 0 saturated heterocycles. The van der Waals surface area contributed by atoms with Gasteiger partial charge >= 0.3 is 0 Å². The molecule has 0 bridgehead atoms. The number of nitrogens with zero attached hydrogens (tertiary/aromatic N) is 2. The number of carbonyl (C=O) groups excluding carboxylic acids is 1. The van der Waals surface area contributed by atoms with Gasteiger partial charge in [0.1, 0.15) is 12.3 Å². The highest BCUT2D eigenvalue weighted by atomic mass is 32.2. The number of ether oxygens (including phenoxy) is 1. The lowest BCUT2D eigenvalue weighted by molar-refractivity contribution is -0.129. The van der Waals surface area contributed by atoms with Crippen LogP contribution >= 0.6 is 0 Å². The Balaban J connectivity index is 2.49. The molecule has 30 heavy (non-hydrogen) atoms. The first-order valence-corrected chi connectivity index (χ1v) is 11.5. The third-order valence-corrected chi connectivity index (χ3v) is 6.85. The van der Waals surface area contributed by atoms with Crippen molar-refractivity contribution in [3.8, 4) is 5.75 Å². The van der Waals surface area contributed by atoms with Crippen LogP contribution in [0.15, 0.2) is 53.4 Å². The summed E-state index contributed by atoms with van der Waals surface area (Å²) in [6, 6.07) is 13.5. The van der Waals surface area contributed by atoms with Gasteiger partial charge in [-0.2, -0.15) is 0 Å². The number of rotatable bonds is 8. The molecule has 0 aliphatic heterocycles. The summed E-state index contributed by atoms with van der Waals surface area (Å²) in [4.78, 5) is 14.5. The zero-order valence-corrected chi connectivity index (χ0v) is 19.5. The molecule has 164 valence electrons. The molecule has 0 fully saturated rings. The summed E-state index contributed by atoms with van der Waals surface area (Å²) in [5.41, 5.74) is 1.37. The van der Waals surface area contributed by atoms with Crippen molar-refractivity contribution in [2.45, 2.75) is 44.9 Å². The van der Waals surface area contributed by atoms with Crippen molar-refractivity contribution in [2.24, 2.45) is 0 Å². The molecule has 1 amide bonds. The van der Waals surface area contributed by atoms with Gasteiger partial charge in [0.15, 0.2) is 0 Å². The quantitative estimate of drug-likeness (QED) is 0.631. The van der Waals surface area contributed by atoms with Gasteiger partial charge in [-0.3, -0.25) is 9.10 Å². The van der Waals surface area contributed by atoms with Gasteiger partial charge in [0.25, 0.3) is 10.0 Å². The molecule has 0 radical (unpaired) electrons. The highest BCUT2D eigenvalue weighted by Gasteiger charge is 2.29. The van der Waals surface area contributed by atoms with Crippen LogP contribution in [0, 0.1) is 0 Å². The van der Waals surface area contributed by atoms with Crippen molar-refractivity contribution in [1.29, 1.82) is 0 Å². The number of likely N-dealkylation sites (N-methyl/N-ethyl adjacent to an activating group) is 1. The summed E-state index contributed by atoms with van der Waals surface area (Å²) >= 11 is 0. The van der Waals surface area contributed by atoms with E-state index in [2.05, 4.69) is 20.8 Å². The molecule has 0 aliphatic carbocycles. The molecule has 7 heteroatoms. The Labute approximate surface area is 180 Å². The van der Waals surface area contributed by atoms with E-state index < -0.39 is 10.0 Å². The van der Waals surface area contributed by atoms with Crippen LogP contribution in [-0.4, -0.2) is 46.0 Å². The standard InChI is InChI=1S/C23H32N2O4S/c1-7-24(8-2)22(26)17-25(19-11-13-20(29-6)14-12-19)30(27,28)21-15-9-18(10-16-21)23(3,4)5/h9-16H,7-8,17H2,1-6H3. The maximum absolute atomic E-state index is 13.5. The average Bonchev–Trinajstić information content (AvgIpc) is 2.72. The molecule has 0 aromatic heterocycles. The first-order valence-electron chi connectivity index (χ1n) is 10.1. The SMILES string of the molecule is CCN(CC)C(=O)CN(c1ccc(OC)cc1)S(=O)(=O)c1ccc(C(C)(C)C)cc1. The Morgan fingerprint density at radius 1 is 0.933 bits per heavy atom. The van der Waals surface area contributed by atoms with E-state index >= 15 is 0 Å². The van der Waals surface area contributed by atoms with Gasteiger partial charge in [0.2, 0.25) is 5.91 Å². The normalized spacial score (nSPS) is 11.8. The Bertz CT molecular complexity index is 942. The molecule has 0 aliphatic rings. The van der Waals surface area contributed by atoms with E-state index in [9.17, 15) is 13.2 Å². The Morgan fingerprint density at radius 2 is 1.47 bits per heavy atom. The summed E-state index contributed by atoms with van der Waals surface area (Å²) in [6.45, 7) is 10.7. The lowest BCUT2D eigenvalue weighted by atomic mass is 9.87. The van der Waals surface area contributed by atoms with Crippen LogP contribution in [0.3, 0.4) is 0 Å². The topological polar surface area (TPSA) is 66.9 Å². The summed E-state index contributed by atoms with van der Waals surface area (Å²) in [5.74, 6) is 0.367. The van der Waals surface area contributed by atoms with Gasteiger partial charge in [-0.05, 0) is 61.2 Å². The van der Waals surface area contributed by atoms with Crippen LogP contribution in [-0.2, 0) is 20.2 Å². The minimum atomic E-state index is -3.94. The van der Waals surface area contributed by atoms with Crippen molar-refractivity contribution >= 4 is 21.6 Å². The number of carbonyl (C=O) groups is 1. The van der Waals surface area contributed by atoms with Crippen LogP contribution in [0.25, 0.3) is 0 Å². The molecule has 2 aromatic rings. The third-order valence-electron chi connectivity index (χ3n) is 5.06. The van der Waals surface area contributed by atoms with E-state index in [4.69, 9.17) is 4.74 Å². The van der Waals surface area contributed by atoms with Crippen LogP contribution in [0.1, 0.15) is 40.2 Å². The number of hydrogen-bond donors (Lipinski definition) is 0. The van der Waals surface area contributed by atoms with Crippen LogP contribution in [0.5, 0.6) is 5.75 Å². The van der Waals surface area contributed by atoms with E-state index in [0.29, 0.717) is 24.5 Å². The molecule has 0 N–H and O–H groups in total. The maximum Gasteiger partial charge on any atom is 0.264 e. The first-order chi connectivity index (χ1) is 14.0. The molecule has 0 atom stereocenters. The molecule has 0 heterocycles. The fourth-order valence-electron chi connectivity index (χ4n) is 3.12. The first kappa shape index (κ1) is 23.7. The number of amides is 1. The lowest BCUT2D eigenvalue weighted by Crippen LogP contribution is -2.43. The highest BCUT2D eigenvalue weighted by molar-refractivity contribution is 7.92. The predicted molar refractivity (Wildman–Crippen MR) is 121 cm³/mol. The van der Waals surface area contributed by atoms with E-state index in [1.54, 1.807) is 48.4 Å². The van der Waals surface area contributed by atoms with Crippen molar-refractivity contribution in [3.63, 3.8) is 0 Å². The lowest BCUT2D eigenvalue weighted by Gasteiger charge is -2.28. The van der Waals surface area contributed by atoms with Crippen LogP contribution < -0.4 is 9.04 Å². The van der Waals surface area contributed by atoms with Gasteiger partial charge in [-0.15, -0.1) is 0 Å². The Morgan fingerprint density at radius 3 is 1.90 bits per heavy atom. The minimum absolute atomic E-state index is 0.0866. The second-order valence-corrected chi connectivity index (χ2v) is 9.91. The zero-order chi connectivity index (χ0) is 22.5. The molecule has 0 unspecified atom stereocenters. The summed E-state index contributed by atoms with van der Waals surface area (Å²) < 4.78 is 33.4. The molecule has 2 rings (SSSR count). The Hall–Kier alpha value is -2.54.